The lowest BCUT2D eigenvalue weighted by molar-refractivity contribution is 0.340. The highest BCUT2D eigenvalue weighted by Crippen LogP contribution is 2.25. The smallest absolute Gasteiger partial charge is 0.119 e. The van der Waals surface area contributed by atoms with Crippen molar-refractivity contribution in [2.45, 2.75) is 33.6 Å². The maximum atomic E-state index is 5.45. The molecule has 0 saturated carbocycles. The van der Waals surface area contributed by atoms with Crippen LogP contribution in [-0.2, 0) is 0 Å². The molecule has 0 fully saturated rings. The molecule has 0 bridgehead atoms. The monoisotopic (exact) mass is 235 g/mol. The molecule has 1 rings (SSSR count). The van der Waals surface area contributed by atoms with Crippen LogP contribution in [0.5, 0.6) is 5.75 Å². The summed E-state index contributed by atoms with van der Waals surface area (Å²) >= 11 is 0. The summed E-state index contributed by atoms with van der Waals surface area (Å²) in [6, 6.07) is 8.49. The van der Waals surface area contributed by atoms with E-state index in [-0.39, 0.29) is 0 Å². The van der Waals surface area contributed by atoms with Crippen LogP contribution < -0.4 is 10.1 Å². The van der Waals surface area contributed by atoms with Gasteiger partial charge in [0.25, 0.3) is 0 Å². The quantitative estimate of drug-likeness (QED) is 0.781. The van der Waals surface area contributed by atoms with E-state index >= 15 is 0 Å². The third-order valence-electron chi connectivity index (χ3n) is 3.29. The van der Waals surface area contributed by atoms with Crippen molar-refractivity contribution >= 4 is 0 Å². The first-order chi connectivity index (χ1) is 8.19. The van der Waals surface area contributed by atoms with Crippen LogP contribution in [-0.4, -0.2) is 19.7 Å². The maximum absolute atomic E-state index is 5.45. The van der Waals surface area contributed by atoms with Gasteiger partial charge in [0.05, 0.1) is 6.61 Å². The van der Waals surface area contributed by atoms with Crippen LogP contribution in [0.4, 0.5) is 0 Å². The fourth-order valence-corrected chi connectivity index (χ4v) is 1.91. The average Bonchev–Trinajstić information content (AvgIpc) is 2.36. The summed E-state index contributed by atoms with van der Waals surface area (Å²) in [4.78, 5) is 0. The minimum Gasteiger partial charge on any atom is -0.494 e. The summed E-state index contributed by atoms with van der Waals surface area (Å²) in [5.41, 5.74) is 1.39. The molecule has 2 atom stereocenters. The zero-order chi connectivity index (χ0) is 12.7. The van der Waals surface area contributed by atoms with E-state index in [1.165, 1.54) is 5.56 Å². The SMILES string of the molecule is CCNCC(C)C(C)c1ccc(OCC)cc1. The molecule has 0 aliphatic rings. The van der Waals surface area contributed by atoms with Crippen molar-refractivity contribution < 1.29 is 4.74 Å². The molecule has 1 N–H and O–H groups in total. The van der Waals surface area contributed by atoms with Gasteiger partial charge in [-0.15, -0.1) is 0 Å². The fraction of sp³-hybridized carbons (Fsp3) is 0.600. The first kappa shape index (κ1) is 14.0. The Balaban J connectivity index is 2.58. The zero-order valence-corrected chi connectivity index (χ0v) is 11.5. The van der Waals surface area contributed by atoms with Gasteiger partial charge in [0.15, 0.2) is 0 Å². The van der Waals surface area contributed by atoms with Gasteiger partial charge < -0.3 is 10.1 Å². The van der Waals surface area contributed by atoms with Crippen LogP contribution in [0.15, 0.2) is 24.3 Å². The number of rotatable bonds is 7. The number of hydrogen-bond donors (Lipinski definition) is 1. The normalized spacial score (nSPS) is 14.4. The largest absolute Gasteiger partial charge is 0.494 e. The Morgan fingerprint density at radius 3 is 2.29 bits per heavy atom. The number of nitrogens with one attached hydrogen (secondary N) is 1. The van der Waals surface area contributed by atoms with E-state index in [0.29, 0.717) is 11.8 Å². The molecule has 17 heavy (non-hydrogen) atoms. The predicted octanol–water partition coefficient (Wildman–Crippen LogP) is 3.43. The van der Waals surface area contributed by atoms with Gasteiger partial charge in [-0.05, 0) is 49.5 Å². The van der Waals surface area contributed by atoms with Gasteiger partial charge in [0.2, 0.25) is 0 Å². The highest BCUT2D eigenvalue weighted by Gasteiger charge is 2.13. The van der Waals surface area contributed by atoms with Gasteiger partial charge >= 0.3 is 0 Å². The van der Waals surface area contributed by atoms with E-state index in [1.807, 2.05) is 6.92 Å². The molecule has 0 aliphatic carbocycles. The Kier molecular flexibility index (Phi) is 6.06. The van der Waals surface area contributed by atoms with Crippen molar-refractivity contribution in [2.75, 3.05) is 19.7 Å². The average molecular weight is 235 g/mol. The highest BCUT2D eigenvalue weighted by molar-refractivity contribution is 5.29. The second-order valence-corrected chi connectivity index (χ2v) is 4.58. The Morgan fingerprint density at radius 1 is 1.12 bits per heavy atom. The van der Waals surface area contributed by atoms with E-state index in [0.717, 1.165) is 25.4 Å². The maximum Gasteiger partial charge on any atom is 0.119 e. The van der Waals surface area contributed by atoms with Gasteiger partial charge in [-0.25, -0.2) is 0 Å². The number of hydrogen-bond acceptors (Lipinski definition) is 2. The van der Waals surface area contributed by atoms with Gasteiger partial charge in [0, 0.05) is 0 Å². The molecular weight excluding hydrogens is 210 g/mol. The summed E-state index contributed by atoms with van der Waals surface area (Å²) in [5.74, 6) is 2.18. The van der Waals surface area contributed by atoms with Crippen molar-refractivity contribution in [1.82, 2.24) is 5.32 Å². The van der Waals surface area contributed by atoms with Gasteiger partial charge in [-0.3, -0.25) is 0 Å². The third kappa shape index (κ3) is 4.39. The molecule has 0 heterocycles. The summed E-state index contributed by atoms with van der Waals surface area (Å²) in [6.45, 7) is 11.6. The highest BCUT2D eigenvalue weighted by atomic mass is 16.5. The Labute approximate surface area is 105 Å². The molecule has 0 aliphatic heterocycles. The molecule has 0 amide bonds. The van der Waals surface area contributed by atoms with Crippen LogP contribution in [0, 0.1) is 5.92 Å². The minimum absolute atomic E-state index is 0.574. The van der Waals surface area contributed by atoms with Crippen molar-refractivity contribution in [3.63, 3.8) is 0 Å². The van der Waals surface area contributed by atoms with Crippen LogP contribution >= 0.6 is 0 Å². The van der Waals surface area contributed by atoms with Crippen molar-refractivity contribution in [1.29, 1.82) is 0 Å². The molecule has 1 aromatic rings. The number of benzene rings is 1. The summed E-state index contributed by atoms with van der Waals surface area (Å²) in [5, 5.41) is 3.41. The van der Waals surface area contributed by atoms with Gasteiger partial charge in [-0.1, -0.05) is 32.9 Å². The second-order valence-electron chi connectivity index (χ2n) is 4.58. The molecule has 2 unspecified atom stereocenters. The summed E-state index contributed by atoms with van der Waals surface area (Å²) < 4.78 is 5.45. The van der Waals surface area contributed by atoms with Crippen molar-refractivity contribution in [2.24, 2.45) is 5.92 Å². The Hall–Kier alpha value is -1.02. The second kappa shape index (κ2) is 7.33. The molecule has 1 aromatic carbocycles. The van der Waals surface area contributed by atoms with E-state index < -0.39 is 0 Å². The predicted molar refractivity (Wildman–Crippen MR) is 73.7 cm³/mol. The summed E-state index contributed by atoms with van der Waals surface area (Å²) in [6.07, 6.45) is 0. The van der Waals surface area contributed by atoms with Crippen LogP contribution in [0.3, 0.4) is 0 Å². The van der Waals surface area contributed by atoms with E-state index in [9.17, 15) is 0 Å². The molecule has 0 saturated heterocycles. The third-order valence-corrected chi connectivity index (χ3v) is 3.29. The first-order valence-corrected chi connectivity index (χ1v) is 6.62. The minimum atomic E-state index is 0.574. The molecule has 0 spiro atoms. The topological polar surface area (TPSA) is 21.3 Å². The van der Waals surface area contributed by atoms with Crippen LogP contribution in [0.25, 0.3) is 0 Å². The summed E-state index contributed by atoms with van der Waals surface area (Å²) in [7, 11) is 0. The van der Waals surface area contributed by atoms with E-state index in [4.69, 9.17) is 4.74 Å². The van der Waals surface area contributed by atoms with Crippen LogP contribution in [0.2, 0.25) is 0 Å². The van der Waals surface area contributed by atoms with Gasteiger partial charge in [0.1, 0.15) is 5.75 Å². The molecule has 2 heteroatoms. The zero-order valence-electron chi connectivity index (χ0n) is 11.5. The van der Waals surface area contributed by atoms with Crippen molar-refractivity contribution in [3.8, 4) is 5.75 Å². The van der Waals surface area contributed by atoms with Gasteiger partial charge in [-0.2, -0.15) is 0 Å². The molecule has 96 valence electrons. The molecule has 2 nitrogen and oxygen atoms in total. The molecule has 0 radical (unpaired) electrons. The first-order valence-electron chi connectivity index (χ1n) is 6.62. The van der Waals surface area contributed by atoms with E-state index in [1.54, 1.807) is 0 Å². The lowest BCUT2D eigenvalue weighted by Gasteiger charge is -2.20. The van der Waals surface area contributed by atoms with Crippen LogP contribution in [0.1, 0.15) is 39.2 Å². The molecular formula is C15H25NO. The number of ether oxygens (including phenoxy) is 1. The lowest BCUT2D eigenvalue weighted by atomic mass is 9.89. The standard InChI is InChI=1S/C15H25NO/c1-5-16-11-12(3)13(4)14-7-9-15(10-8-14)17-6-2/h7-10,12-13,16H,5-6,11H2,1-4H3. The Bertz CT molecular complexity index is 307. The van der Waals surface area contributed by atoms with E-state index in [2.05, 4.69) is 50.4 Å². The Morgan fingerprint density at radius 2 is 1.76 bits per heavy atom. The van der Waals surface area contributed by atoms with Crippen molar-refractivity contribution in [3.05, 3.63) is 29.8 Å². The lowest BCUT2D eigenvalue weighted by Crippen LogP contribution is -2.24. The molecule has 0 aromatic heterocycles. The fourth-order valence-electron chi connectivity index (χ4n) is 1.91.